The highest BCUT2D eigenvalue weighted by Crippen LogP contribution is 2.45. The molecule has 0 spiro atoms. The van der Waals surface area contributed by atoms with Crippen LogP contribution in [0, 0.1) is 11.8 Å². The van der Waals surface area contributed by atoms with E-state index in [0.29, 0.717) is 25.7 Å². The summed E-state index contributed by atoms with van der Waals surface area (Å²) in [6, 6.07) is 0. The highest BCUT2D eigenvalue weighted by atomic mass is 31.2. The number of rotatable bonds is 81. The number of unbranched alkanes of at least 4 members (excludes halogenated alkanes) is 51. The molecule has 0 aromatic carbocycles. The second kappa shape index (κ2) is 73.6. The first kappa shape index (κ1) is 99.1. The van der Waals surface area contributed by atoms with Crippen molar-refractivity contribution >= 4 is 39.5 Å². The number of carbonyl (C=O) groups excluding carboxylic acids is 4. The van der Waals surface area contributed by atoms with Gasteiger partial charge in [0, 0.05) is 25.7 Å². The third kappa shape index (κ3) is 76.1. The first-order valence-electron chi connectivity index (χ1n) is 42.5. The fraction of sp³-hybridized carbons (Fsp3) is 0.951. The van der Waals surface area contributed by atoms with Crippen molar-refractivity contribution < 1.29 is 80.2 Å². The van der Waals surface area contributed by atoms with E-state index in [-0.39, 0.29) is 25.7 Å². The van der Waals surface area contributed by atoms with Gasteiger partial charge in [-0.1, -0.05) is 382 Å². The van der Waals surface area contributed by atoms with Crippen LogP contribution in [0.1, 0.15) is 433 Å². The standard InChI is InChI=1S/C82H160O17P2/c1-7-9-11-13-15-17-19-20-21-22-23-24-25-30-36-42-48-54-60-66-81(86)98-78(71-93-80(85)65-59-53-47-41-35-29-27-26-28-33-38-44-50-56-62-74(3)4)73-97-101(90,91)95-69-76(83)68-94-100(88,89)96-72-77(70-92-79(84)64-58-52-46-40-32-18-16-14-12-10-8-2)99-82(87)67-61-55-49-43-37-31-34-39-45-51-57-63-75(5)6/h74-78,83H,7-73H2,1-6H3,(H,88,89)(H,90,91)/t76-,77+,78+/m0/s1. The minimum Gasteiger partial charge on any atom is -0.462 e. The number of aliphatic hydroxyl groups excluding tert-OH is 1. The minimum absolute atomic E-state index is 0.107. The summed E-state index contributed by atoms with van der Waals surface area (Å²) in [4.78, 5) is 73.1. The summed E-state index contributed by atoms with van der Waals surface area (Å²) in [5.41, 5.74) is 0. The number of phosphoric ester groups is 2. The van der Waals surface area contributed by atoms with Crippen LogP contribution < -0.4 is 0 Å². The van der Waals surface area contributed by atoms with Crippen molar-refractivity contribution in [1.29, 1.82) is 0 Å². The van der Waals surface area contributed by atoms with Crippen LogP contribution in [0.25, 0.3) is 0 Å². The maximum absolute atomic E-state index is 13.1. The van der Waals surface area contributed by atoms with Crippen LogP contribution in [-0.4, -0.2) is 96.7 Å². The van der Waals surface area contributed by atoms with Crippen molar-refractivity contribution in [3.63, 3.8) is 0 Å². The largest absolute Gasteiger partial charge is 0.472 e. The lowest BCUT2D eigenvalue weighted by Gasteiger charge is -2.21. The topological polar surface area (TPSA) is 237 Å². The van der Waals surface area contributed by atoms with Crippen molar-refractivity contribution in [2.75, 3.05) is 39.6 Å². The Balaban J connectivity index is 5.25. The van der Waals surface area contributed by atoms with Crippen LogP contribution in [0.2, 0.25) is 0 Å². The van der Waals surface area contributed by atoms with Crippen LogP contribution in [0.15, 0.2) is 0 Å². The molecule has 0 saturated carbocycles. The molecular weight excluding hydrogens is 1320 g/mol. The van der Waals surface area contributed by atoms with Crippen LogP contribution >= 0.6 is 15.6 Å². The zero-order chi connectivity index (χ0) is 74.2. The first-order valence-corrected chi connectivity index (χ1v) is 45.5. The Morgan fingerprint density at radius 3 is 0.673 bits per heavy atom. The zero-order valence-corrected chi connectivity index (χ0v) is 68.0. The molecule has 0 aliphatic rings. The second-order valence-corrected chi connectivity index (χ2v) is 33.4. The fourth-order valence-corrected chi connectivity index (χ4v) is 14.3. The number of ether oxygens (including phenoxy) is 4. The van der Waals surface area contributed by atoms with E-state index < -0.39 is 97.5 Å². The second-order valence-electron chi connectivity index (χ2n) is 30.5. The van der Waals surface area contributed by atoms with Crippen molar-refractivity contribution in [3.8, 4) is 0 Å². The molecule has 0 aliphatic carbocycles. The van der Waals surface area contributed by atoms with E-state index in [1.807, 2.05) is 0 Å². The molecular formula is C82H160O17P2. The molecule has 3 N–H and O–H groups in total. The Hall–Kier alpha value is -1.94. The van der Waals surface area contributed by atoms with E-state index in [0.717, 1.165) is 102 Å². The first-order chi connectivity index (χ1) is 48.9. The van der Waals surface area contributed by atoms with Gasteiger partial charge in [0.2, 0.25) is 0 Å². The molecule has 600 valence electrons. The SMILES string of the molecule is CCCCCCCCCCCCCCCCCCCCCC(=O)O[C@H](COC(=O)CCCCCCCCCCCCCCCCC(C)C)COP(=O)(O)OC[C@@H](O)COP(=O)(O)OC[C@@H](COC(=O)CCCCCCCCCCCCC)OC(=O)CCCCCCCCCCCCCC(C)C. The van der Waals surface area contributed by atoms with Crippen molar-refractivity contribution in [1.82, 2.24) is 0 Å². The lowest BCUT2D eigenvalue weighted by atomic mass is 10.0. The average molecular weight is 1480 g/mol. The quantitative estimate of drug-likeness (QED) is 0.0222. The number of phosphoric acid groups is 2. The Labute approximate surface area is 619 Å². The maximum Gasteiger partial charge on any atom is 0.472 e. The number of hydrogen-bond acceptors (Lipinski definition) is 15. The van der Waals surface area contributed by atoms with Gasteiger partial charge in [-0.05, 0) is 37.5 Å². The molecule has 2 unspecified atom stereocenters. The normalized spacial score (nSPS) is 13.9. The Kier molecular flexibility index (Phi) is 72.2. The van der Waals surface area contributed by atoms with E-state index >= 15 is 0 Å². The average Bonchev–Trinajstić information content (AvgIpc) is 1.03. The lowest BCUT2D eigenvalue weighted by Crippen LogP contribution is -2.30. The molecule has 0 saturated heterocycles. The molecule has 0 aromatic heterocycles. The molecule has 0 aliphatic heterocycles. The maximum atomic E-state index is 13.1. The lowest BCUT2D eigenvalue weighted by molar-refractivity contribution is -0.161. The summed E-state index contributed by atoms with van der Waals surface area (Å²) >= 11 is 0. The molecule has 101 heavy (non-hydrogen) atoms. The van der Waals surface area contributed by atoms with Crippen LogP contribution in [-0.2, 0) is 65.4 Å². The molecule has 0 fully saturated rings. The van der Waals surface area contributed by atoms with Crippen molar-refractivity contribution in [2.24, 2.45) is 11.8 Å². The van der Waals surface area contributed by atoms with Crippen molar-refractivity contribution in [3.05, 3.63) is 0 Å². The smallest absolute Gasteiger partial charge is 0.462 e. The highest BCUT2D eigenvalue weighted by molar-refractivity contribution is 7.47. The van der Waals surface area contributed by atoms with Crippen molar-refractivity contribution in [2.45, 2.75) is 452 Å². The highest BCUT2D eigenvalue weighted by Gasteiger charge is 2.30. The van der Waals surface area contributed by atoms with E-state index in [9.17, 15) is 43.2 Å². The number of hydrogen-bond donors (Lipinski definition) is 3. The van der Waals surface area contributed by atoms with Gasteiger partial charge >= 0.3 is 39.5 Å². The number of esters is 4. The summed E-state index contributed by atoms with van der Waals surface area (Å²) in [6.45, 7) is 9.67. The third-order valence-corrected chi connectivity index (χ3v) is 21.1. The van der Waals surface area contributed by atoms with Gasteiger partial charge in [0.05, 0.1) is 26.4 Å². The molecule has 0 heterocycles. The minimum atomic E-state index is -4.96. The van der Waals surface area contributed by atoms with Gasteiger partial charge in [-0.3, -0.25) is 37.3 Å². The summed E-state index contributed by atoms with van der Waals surface area (Å²) in [7, 11) is -9.92. The monoisotopic (exact) mass is 1480 g/mol. The molecule has 0 bridgehead atoms. The third-order valence-electron chi connectivity index (χ3n) is 19.2. The van der Waals surface area contributed by atoms with E-state index in [1.165, 1.54) is 250 Å². The summed E-state index contributed by atoms with van der Waals surface area (Å²) < 4.78 is 68.8. The Morgan fingerprint density at radius 2 is 0.455 bits per heavy atom. The van der Waals surface area contributed by atoms with Gasteiger partial charge in [-0.25, -0.2) is 9.13 Å². The Morgan fingerprint density at radius 1 is 0.267 bits per heavy atom. The zero-order valence-electron chi connectivity index (χ0n) is 66.2. The van der Waals surface area contributed by atoms with Gasteiger partial charge in [-0.2, -0.15) is 0 Å². The molecule has 0 radical (unpaired) electrons. The number of carbonyl (C=O) groups is 4. The molecule has 5 atom stereocenters. The van der Waals surface area contributed by atoms with Gasteiger partial charge in [0.15, 0.2) is 12.2 Å². The van der Waals surface area contributed by atoms with Crippen LogP contribution in [0.5, 0.6) is 0 Å². The predicted octanol–water partition coefficient (Wildman–Crippen LogP) is 24.7. The summed E-state index contributed by atoms with van der Waals surface area (Å²) in [5.74, 6) is -0.541. The molecule has 17 nitrogen and oxygen atoms in total. The predicted molar refractivity (Wildman–Crippen MR) is 414 cm³/mol. The van der Waals surface area contributed by atoms with Crippen LogP contribution in [0.3, 0.4) is 0 Å². The molecule has 0 amide bonds. The fourth-order valence-electron chi connectivity index (χ4n) is 12.7. The van der Waals surface area contributed by atoms with Gasteiger partial charge in [0.1, 0.15) is 19.3 Å². The van der Waals surface area contributed by atoms with E-state index in [1.54, 1.807) is 0 Å². The molecule has 0 rings (SSSR count). The van der Waals surface area contributed by atoms with Gasteiger partial charge in [0.25, 0.3) is 0 Å². The van der Waals surface area contributed by atoms with Gasteiger partial charge in [-0.15, -0.1) is 0 Å². The van der Waals surface area contributed by atoms with E-state index in [4.69, 9.17) is 37.0 Å². The van der Waals surface area contributed by atoms with E-state index in [2.05, 4.69) is 41.5 Å². The van der Waals surface area contributed by atoms with Gasteiger partial charge < -0.3 is 33.8 Å². The summed E-state index contributed by atoms with van der Waals surface area (Å²) in [6.07, 6.45) is 63.7. The van der Waals surface area contributed by atoms with Crippen LogP contribution in [0.4, 0.5) is 0 Å². The summed E-state index contributed by atoms with van der Waals surface area (Å²) in [5, 5.41) is 10.7. The molecule has 0 aromatic rings. The number of aliphatic hydroxyl groups is 1. The Bertz CT molecular complexity index is 1940. The molecule has 19 heteroatoms.